The quantitative estimate of drug-likeness (QED) is 0.721. The van der Waals surface area contributed by atoms with Crippen LogP contribution in [0.5, 0.6) is 0 Å². The summed E-state index contributed by atoms with van der Waals surface area (Å²) in [7, 11) is 0. The fraction of sp³-hybridized carbons (Fsp3) is 0.0769. The van der Waals surface area contributed by atoms with Crippen molar-refractivity contribution in [3.8, 4) is 11.1 Å². The van der Waals surface area contributed by atoms with Crippen LogP contribution >= 0.6 is 11.6 Å². The predicted octanol–water partition coefficient (Wildman–Crippen LogP) is 3.90. The van der Waals surface area contributed by atoms with Crippen LogP contribution in [0.25, 0.3) is 11.1 Å². The first-order chi connectivity index (χ1) is 7.16. The molecule has 0 saturated heterocycles. The van der Waals surface area contributed by atoms with Crippen LogP contribution in [0.15, 0.2) is 42.5 Å². The third-order valence-electron chi connectivity index (χ3n) is 2.35. The molecule has 0 unspecified atom stereocenters. The summed E-state index contributed by atoms with van der Waals surface area (Å²) in [5.74, 6) is 0. The monoisotopic (exact) mass is 217 g/mol. The van der Waals surface area contributed by atoms with Crippen molar-refractivity contribution in [2.75, 3.05) is 5.73 Å². The number of aryl methyl sites for hydroxylation is 1. The number of nitrogens with two attached hydrogens (primary N) is 1. The average molecular weight is 218 g/mol. The first kappa shape index (κ1) is 10.1. The van der Waals surface area contributed by atoms with E-state index in [2.05, 4.69) is 31.2 Å². The zero-order valence-corrected chi connectivity index (χ0v) is 9.25. The van der Waals surface area contributed by atoms with Crippen molar-refractivity contribution < 1.29 is 0 Å². The highest BCUT2D eigenvalue weighted by Crippen LogP contribution is 2.29. The third kappa shape index (κ3) is 2.13. The second-order valence-corrected chi connectivity index (χ2v) is 4.01. The largest absolute Gasteiger partial charge is 0.399 e. The van der Waals surface area contributed by atoms with Crippen LogP contribution in [0.3, 0.4) is 0 Å². The molecular formula is C13H12ClN. The van der Waals surface area contributed by atoms with Crippen molar-refractivity contribution in [3.63, 3.8) is 0 Å². The molecule has 0 aromatic heterocycles. The molecule has 2 heteroatoms. The van der Waals surface area contributed by atoms with Crippen molar-refractivity contribution in [1.82, 2.24) is 0 Å². The molecule has 2 N–H and O–H groups in total. The molecule has 76 valence electrons. The molecular weight excluding hydrogens is 206 g/mol. The zero-order valence-electron chi connectivity index (χ0n) is 8.50. The molecule has 0 heterocycles. The standard InChI is InChI=1S/C13H12ClN/c1-9-2-4-10(5-3-9)12-8-11(15)6-7-13(12)14/h2-8H,15H2,1H3. The van der Waals surface area contributed by atoms with E-state index in [4.69, 9.17) is 17.3 Å². The van der Waals surface area contributed by atoms with Gasteiger partial charge in [-0.05, 0) is 30.7 Å². The van der Waals surface area contributed by atoms with Crippen LogP contribution in [-0.2, 0) is 0 Å². The van der Waals surface area contributed by atoms with Gasteiger partial charge in [0, 0.05) is 16.3 Å². The van der Waals surface area contributed by atoms with Gasteiger partial charge in [-0.25, -0.2) is 0 Å². The summed E-state index contributed by atoms with van der Waals surface area (Å²) in [4.78, 5) is 0. The summed E-state index contributed by atoms with van der Waals surface area (Å²) in [6, 6.07) is 13.8. The van der Waals surface area contributed by atoms with Gasteiger partial charge in [-0.1, -0.05) is 41.4 Å². The van der Waals surface area contributed by atoms with E-state index in [0.717, 1.165) is 21.8 Å². The topological polar surface area (TPSA) is 26.0 Å². The number of hydrogen-bond donors (Lipinski definition) is 1. The van der Waals surface area contributed by atoms with Crippen LogP contribution in [-0.4, -0.2) is 0 Å². The van der Waals surface area contributed by atoms with Crippen molar-refractivity contribution in [3.05, 3.63) is 53.1 Å². The molecule has 0 saturated carbocycles. The van der Waals surface area contributed by atoms with E-state index < -0.39 is 0 Å². The van der Waals surface area contributed by atoms with Gasteiger partial charge in [0.05, 0.1) is 0 Å². The highest BCUT2D eigenvalue weighted by Gasteiger charge is 2.03. The van der Waals surface area contributed by atoms with Crippen LogP contribution in [0.1, 0.15) is 5.56 Å². The van der Waals surface area contributed by atoms with Crippen LogP contribution < -0.4 is 5.73 Å². The Kier molecular flexibility index (Phi) is 2.65. The molecule has 2 rings (SSSR count). The van der Waals surface area contributed by atoms with Gasteiger partial charge in [0.1, 0.15) is 0 Å². The van der Waals surface area contributed by atoms with Gasteiger partial charge in [-0.15, -0.1) is 0 Å². The SMILES string of the molecule is Cc1ccc(-c2cc(N)ccc2Cl)cc1. The smallest absolute Gasteiger partial charge is 0.0485 e. The minimum absolute atomic E-state index is 0.730. The van der Waals surface area contributed by atoms with Crippen molar-refractivity contribution in [2.45, 2.75) is 6.92 Å². The Morgan fingerprint density at radius 1 is 1.00 bits per heavy atom. The maximum absolute atomic E-state index is 6.11. The lowest BCUT2D eigenvalue weighted by Gasteiger charge is -2.06. The minimum atomic E-state index is 0.730. The normalized spacial score (nSPS) is 10.3. The number of benzene rings is 2. The summed E-state index contributed by atoms with van der Waals surface area (Å²) < 4.78 is 0. The minimum Gasteiger partial charge on any atom is -0.399 e. The molecule has 0 spiro atoms. The molecule has 0 aliphatic carbocycles. The molecule has 0 atom stereocenters. The van der Waals surface area contributed by atoms with Gasteiger partial charge in [-0.2, -0.15) is 0 Å². The van der Waals surface area contributed by atoms with Crippen molar-refractivity contribution in [2.24, 2.45) is 0 Å². The second kappa shape index (κ2) is 3.95. The summed E-state index contributed by atoms with van der Waals surface area (Å²) in [5, 5.41) is 0.730. The number of rotatable bonds is 1. The van der Waals surface area contributed by atoms with Crippen molar-refractivity contribution >= 4 is 17.3 Å². The molecule has 15 heavy (non-hydrogen) atoms. The van der Waals surface area contributed by atoms with Gasteiger partial charge >= 0.3 is 0 Å². The number of halogens is 1. The lowest BCUT2D eigenvalue weighted by Crippen LogP contribution is -1.86. The van der Waals surface area contributed by atoms with E-state index in [1.54, 1.807) is 6.07 Å². The van der Waals surface area contributed by atoms with Crippen molar-refractivity contribution in [1.29, 1.82) is 0 Å². The fourth-order valence-electron chi connectivity index (χ4n) is 1.50. The maximum Gasteiger partial charge on any atom is 0.0485 e. The summed E-state index contributed by atoms with van der Waals surface area (Å²) >= 11 is 6.11. The van der Waals surface area contributed by atoms with Crippen LogP contribution in [0, 0.1) is 6.92 Å². The first-order valence-electron chi connectivity index (χ1n) is 4.79. The van der Waals surface area contributed by atoms with Crippen LogP contribution in [0.4, 0.5) is 5.69 Å². The molecule has 1 nitrogen and oxygen atoms in total. The molecule has 2 aromatic carbocycles. The summed E-state index contributed by atoms with van der Waals surface area (Å²) in [6.45, 7) is 2.06. The molecule has 0 fully saturated rings. The highest BCUT2D eigenvalue weighted by atomic mass is 35.5. The lowest BCUT2D eigenvalue weighted by molar-refractivity contribution is 1.47. The van der Waals surface area contributed by atoms with E-state index in [9.17, 15) is 0 Å². The predicted molar refractivity (Wildman–Crippen MR) is 66.0 cm³/mol. The van der Waals surface area contributed by atoms with Gasteiger partial charge < -0.3 is 5.73 Å². The van der Waals surface area contributed by atoms with E-state index in [1.165, 1.54) is 5.56 Å². The Bertz CT molecular complexity index is 474. The van der Waals surface area contributed by atoms with E-state index >= 15 is 0 Å². The van der Waals surface area contributed by atoms with Gasteiger partial charge in [-0.3, -0.25) is 0 Å². The van der Waals surface area contributed by atoms with E-state index in [0.29, 0.717) is 0 Å². The Hall–Kier alpha value is -1.47. The molecule has 2 aromatic rings. The molecule has 0 amide bonds. The lowest BCUT2D eigenvalue weighted by atomic mass is 10.0. The maximum atomic E-state index is 6.11. The first-order valence-corrected chi connectivity index (χ1v) is 5.17. The van der Waals surface area contributed by atoms with E-state index in [1.807, 2.05) is 12.1 Å². The summed E-state index contributed by atoms with van der Waals surface area (Å²) in [5.41, 5.74) is 9.78. The Morgan fingerprint density at radius 3 is 2.33 bits per heavy atom. The van der Waals surface area contributed by atoms with Crippen LogP contribution in [0.2, 0.25) is 5.02 Å². The summed E-state index contributed by atoms with van der Waals surface area (Å²) in [6.07, 6.45) is 0. The second-order valence-electron chi connectivity index (χ2n) is 3.61. The van der Waals surface area contributed by atoms with E-state index in [-0.39, 0.29) is 0 Å². The molecule has 0 bridgehead atoms. The molecule has 0 aliphatic heterocycles. The highest BCUT2D eigenvalue weighted by molar-refractivity contribution is 6.33. The average Bonchev–Trinajstić information content (AvgIpc) is 2.23. The Morgan fingerprint density at radius 2 is 1.67 bits per heavy atom. The van der Waals surface area contributed by atoms with Gasteiger partial charge in [0.2, 0.25) is 0 Å². The zero-order chi connectivity index (χ0) is 10.8. The number of anilines is 1. The third-order valence-corrected chi connectivity index (χ3v) is 2.68. The number of hydrogen-bond acceptors (Lipinski definition) is 1. The Balaban J connectivity index is 2.53. The molecule has 0 aliphatic rings. The van der Waals surface area contributed by atoms with Gasteiger partial charge in [0.15, 0.2) is 0 Å². The number of nitrogen functional groups attached to an aromatic ring is 1. The fourth-order valence-corrected chi connectivity index (χ4v) is 1.72. The van der Waals surface area contributed by atoms with Gasteiger partial charge in [0.25, 0.3) is 0 Å². The Labute approximate surface area is 94.5 Å². The molecule has 0 radical (unpaired) electrons.